The van der Waals surface area contributed by atoms with Crippen molar-refractivity contribution in [2.24, 2.45) is 22.7 Å². The molecule has 0 aromatic rings. The number of allylic oxidation sites excluding steroid dienone is 1. The van der Waals surface area contributed by atoms with Gasteiger partial charge in [-0.25, -0.2) is 4.79 Å². The van der Waals surface area contributed by atoms with E-state index >= 15 is 0 Å². The highest BCUT2D eigenvalue weighted by Crippen LogP contribution is 2.62. The molecule has 2 unspecified atom stereocenters. The van der Waals surface area contributed by atoms with E-state index in [9.17, 15) is 22.9 Å². The summed E-state index contributed by atoms with van der Waals surface area (Å²) in [5.41, 5.74) is 0.447. The number of carbonyl (C=O) groups is 1. The maximum Gasteiger partial charge on any atom is 0.335 e. The van der Waals surface area contributed by atoms with Crippen LogP contribution in [-0.2, 0) is 19.6 Å². The number of aliphatic hydroxyl groups excluding tert-OH is 1. The summed E-state index contributed by atoms with van der Waals surface area (Å²) >= 11 is 0. The van der Waals surface area contributed by atoms with Crippen molar-refractivity contribution in [3.05, 3.63) is 23.8 Å². The number of hydrogen-bond acceptors (Lipinski definition) is 5. The molecular formula is C20H30O6S. The van der Waals surface area contributed by atoms with Crippen molar-refractivity contribution in [1.29, 1.82) is 0 Å². The Morgan fingerprint density at radius 3 is 2.56 bits per heavy atom. The van der Waals surface area contributed by atoms with E-state index in [0.29, 0.717) is 6.42 Å². The number of rotatable bonds is 4. The lowest BCUT2D eigenvalue weighted by Gasteiger charge is -2.59. The SMILES string of the molecule is C=C1CCC2C(C)(C)[C@H](O)CC[C@@]2(C)C1C[C@@H](C1=CCOC1=O)S(=O)(=O)O. The third-order valence-corrected chi connectivity index (χ3v) is 8.63. The fraction of sp³-hybridized carbons (Fsp3) is 0.750. The second-order valence-electron chi connectivity index (χ2n) is 9.18. The molecule has 0 bridgehead atoms. The molecule has 27 heavy (non-hydrogen) atoms. The van der Waals surface area contributed by atoms with Gasteiger partial charge in [-0.05, 0) is 60.8 Å². The fourth-order valence-electron chi connectivity index (χ4n) is 5.86. The lowest BCUT2D eigenvalue weighted by atomic mass is 9.46. The largest absolute Gasteiger partial charge is 0.458 e. The molecule has 2 fully saturated rings. The molecular weight excluding hydrogens is 368 g/mol. The van der Waals surface area contributed by atoms with Gasteiger partial charge in [-0.15, -0.1) is 0 Å². The molecule has 0 saturated heterocycles. The van der Waals surface area contributed by atoms with E-state index in [0.717, 1.165) is 24.8 Å². The number of aliphatic hydroxyl groups is 1. The van der Waals surface area contributed by atoms with Crippen LogP contribution in [0.25, 0.3) is 0 Å². The Morgan fingerprint density at radius 2 is 2.00 bits per heavy atom. The molecule has 2 aliphatic carbocycles. The minimum absolute atomic E-state index is 0.0196. The van der Waals surface area contributed by atoms with Gasteiger partial charge in [0.15, 0.2) is 0 Å². The van der Waals surface area contributed by atoms with E-state index < -0.39 is 27.4 Å². The molecule has 7 heteroatoms. The number of ether oxygens (including phenoxy) is 1. The smallest absolute Gasteiger partial charge is 0.335 e. The minimum Gasteiger partial charge on any atom is -0.458 e. The number of fused-ring (bicyclic) bond motifs is 1. The normalized spacial score (nSPS) is 37.4. The van der Waals surface area contributed by atoms with Crippen molar-refractivity contribution >= 4 is 16.1 Å². The summed E-state index contributed by atoms with van der Waals surface area (Å²) in [6.45, 7) is 10.5. The molecule has 2 N–H and O–H groups in total. The molecule has 1 aliphatic heterocycles. The molecule has 3 rings (SSSR count). The van der Waals surface area contributed by atoms with Gasteiger partial charge in [-0.2, -0.15) is 8.42 Å². The van der Waals surface area contributed by atoms with E-state index in [1.165, 1.54) is 6.08 Å². The molecule has 152 valence electrons. The Morgan fingerprint density at radius 1 is 1.33 bits per heavy atom. The van der Waals surface area contributed by atoms with Gasteiger partial charge < -0.3 is 9.84 Å². The topological polar surface area (TPSA) is 101 Å². The highest BCUT2D eigenvalue weighted by atomic mass is 32.2. The summed E-state index contributed by atoms with van der Waals surface area (Å²) in [4.78, 5) is 12.0. The molecule has 5 atom stereocenters. The highest BCUT2D eigenvalue weighted by Gasteiger charge is 2.57. The molecule has 0 spiro atoms. The first-order valence-electron chi connectivity index (χ1n) is 9.58. The molecule has 0 amide bonds. The third kappa shape index (κ3) is 3.38. The van der Waals surface area contributed by atoms with E-state index in [1.54, 1.807) is 0 Å². The summed E-state index contributed by atoms with van der Waals surface area (Å²) in [7, 11) is -4.47. The van der Waals surface area contributed by atoms with Crippen LogP contribution in [0.15, 0.2) is 23.8 Å². The molecule has 3 aliphatic rings. The first-order valence-corrected chi connectivity index (χ1v) is 11.1. The van der Waals surface area contributed by atoms with Gasteiger partial charge in [0.2, 0.25) is 0 Å². The van der Waals surface area contributed by atoms with Crippen LogP contribution in [0.3, 0.4) is 0 Å². The summed E-state index contributed by atoms with van der Waals surface area (Å²) in [6, 6.07) is 0. The second kappa shape index (κ2) is 6.71. The van der Waals surface area contributed by atoms with Crippen LogP contribution in [0.2, 0.25) is 0 Å². The first kappa shape index (κ1) is 20.6. The quantitative estimate of drug-likeness (QED) is 0.429. The molecule has 0 aromatic carbocycles. The Balaban J connectivity index is 1.98. The van der Waals surface area contributed by atoms with Crippen LogP contribution in [-0.4, -0.2) is 42.0 Å². The number of hydrogen-bond donors (Lipinski definition) is 2. The average Bonchev–Trinajstić information content (AvgIpc) is 2.95. The van der Waals surface area contributed by atoms with E-state index in [1.807, 2.05) is 0 Å². The molecule has 2 saturated carbocycles. The van der Waals surface area contributed by atoms with Gasteiger partial charge in [0.05, 0.1) is 11.7 Å². The Labute approximate surface area is 161 Å². The summed E-state index contributed by atoms with van der Waals surface area (Å²) in [6.07, 6.45) is 4.21. The van der Waals surface area contributed by atoms with Crippen molar-refractivity contribution in [3.8, 4) is 0 Å². The van der Waals surface area contributed by atoms with E-state index in [-0.39, 0.29) is 41.3 Å². The summed E-state index contributed by atoms with van der Waals surface area (Å²) in [5, 5.41) is 9.23. The van der Waals surface area contributed by atoms with Crippen molar-refractivity contribution in [1.82, 2.24) is 0 Å². The molecule has 0 radical (unpaired) electrons. The van der Waals surface area contributed by atoms with Crippen LogP contribution in [0.5, 0.6) is 0 Å². The van der Waals surface area contributed by atoms with Crippen molar-refractivity contribution in [3.63, 3.8) is 0 Å². The van der Waals surface area contributed by atoms with E-state index in [4.69, 9.17) is 4.74 Å². The summed E-state index contributed by atoms with van der Waals surface area (Å²) < 4.78 is 39.0. The fourth-order valence-corrected chi connectivity index (χ4v) is 6.81. The monoisotopic (exact) mass is 398 g/mol. The minimum atomic E-state index is -4.47. The lowest BCUT2D eigenvalue weighted by Crippen LogP contribution is -2.55. The lowest BCUT2D eigenvalue weighted by molar-refractivity contribution is -0.136. The number of esters is 1. The van der Waals surface area contributed by atoms with E-state index in [2.05, 4.69) is 27.4 Å². The van der Waals surface area contributed by atoms with Crippen LogP contribution in [0.4, 0.5) is 0 Å². The zero-order valence-electron chi connectivity index (χ0n) is 16.3. The highest BCUT2D eigenvalue weighted by molar-refractivity contribution is 7.86. The van der Waals surface area contributed by atoms with Gasteiger partial charge in [0.1, 0.15) is 11.9 Å². The standard InChI is InChI=1S/C20H30O6S/c1-12-5-6-16-19(2,3)17(21)7-9-20(16,4)14(12)11-15(27(23,24)25)13-8-10-26-18(13)22/h8,14-17,21H,1,5-7,9-11H2,2-4H3,(H,23,24,25)/t14?,15-,16?,17+,20-/m0/s1. The van der Waals surface area contributed by atoms with Gasteiger partial charge >= 0.3 is 5.97 Å². The third-order valence-electron chi connectivity index (χ3n) is 7.46. The Bertz CT molecular complexity index is 780. The Hall–Kier alpha value is -1.18. The maximum absolute atomic E-state index is 12.1. The zero-order chi connectivity index (χ0) is 20.2. The van der Waals surface area contributed by atoms with Gasteiger partial charge in [-0.3, -0.25) is 4.55 Å². The van der Waals surface area contributed by atoms with Crippen LogP contribution in [0.1, 0.15) is 52.9 Å². The molecule has 6 nitrogen and oxygen atoms in total. The zero-order valence-corrected chi connectivity index (χ0v) is 17.1. The first-order chi connectivity index (χ1) is 12.4. The Kier molecular flexibility index (Phi) is 5.11. The maximum atomic E-state index is 12.1. The molecule has 1 heterocycles. The second-order valence-corrected chi connectivity index (χ2v) is 10.8. The van der Waals surface area contributed by atoms with Crippen molar-refractivity contribution < 1.29 is 27.6 Å². The number of cyclic esters (lactones) is 1. The van der Waals surface area contributed by atoms with Gasteiger partial charge in [0, 0.05) is 0 Å². The van der Waals surface area contributed by atoms with Crippen LogP contribution < -0.4 is 0 Å². The van der Waals surface area contributed by atoms with Crippen LogP contribution in [0, 0.1) is 22.7 Å². The van der Waals surface area contributed by atoms with Crippen molar-refractivity contribution in [2.45, 2.75) is 64.2 Å². The predicted octanol–water partition coefficient (Wildman–Crippen LogP) is 2.89. The molecule has 0 aromatic heterocycles. The number of carbonyl (C=O) groups excluding carboxylic acids is 1. The van der Waals surface area contributed by atoms with Gasteiger partial charge in [-0.1, -0.05) is 32.9 Å². The predicted molar refractivity (Wildman–Crippen MR) is 101 cm³/mol. The summed E-state index contributed by atoms with van der Waals surface area (Å²) in [5.74, 6) is -0.639. The average molecular weight is 399 g/mol. The van der Waals surface area contributed by atoms with Gasteiger partial charge in [0.25, 0.3) is 10.1 Å². The van der Waals surface area contributed by atoms with Crippen molar-refractivity contribution in [2.75, 3.05) is 6.61 Å². The van der Waals surface area contributed by atoms with Crippen LogP contribution >= 0.6 is 0 Å².